The molecule has 0 aromatic carbocycles. The summed E-state index contributed by atoms with van der Waals surface area (Å²) in [5.74, 6) is 1.21. The molecule has 0 aliphatic carbocycles. The Hall–Kier alpha value is -1.90. The van der Waals surface area contributed by atoms with Crippen molar-refractivity contribution in [3.63, 3.8) is 0 Å². The summed E-state index contributed by atoms with van der Waals surface area (Å²) >= 11 is 3.25. The summed E-state index contributed by atoms with van der Waals surface area (Å²) < 4.78 is 0. The average Bonchev–Trinajstić information content (AvgIpc) is 3.27. The summed E-state index contributed by atoms with van der Waals surface area (Å²) in [6.07, 6.45) is 5.83. The second-order valence-electron chi connectivity index (χ2n) is 6.26. The van der Waals surface area contributed by atoms with Gasteiger partial charge < -0.3 is 5.32 Å². The van der Waals surface area contributed by atoms with Gasteiger partial charge in [-0.15, -0.1) is 22.7 Å². The Kier molecular flexibility index (Phi) is 5.00. The summed E-state index contributed by atoms with van der Waals surface area (Å²) in [6.45, 7) is 5.01. The summed E-state index contributed by atoms with van der Waals surface area (Å²) in [6, 6.07) is 0. The van der Waals surface area contributed by atoms with Gasteiger partial charge in [0.15, 0.2) is 10.9 Å². The number of nitrogens with zero attached hydrogens (tertiary/aromatic N) is 5. The molecule has 0 spiro atoms. The molecule has 3 aromatic rings. The summed E-state index contributed by atoms with van der Waals surface area (Å²) in [7, 11) is 0. The van der Waals surface area contributed by atoms with Crippen LogP contribution in [0.3, 0.4) is 0 Å². The first-order chi connectivity index (χ1) is 12.3. The van der Waals surface area contributed by atoms with Crippen LogP contribution in [0.5, 0.6) is 0 Å². The van der Waals surface area contributed by atoms with E-state index < -0.39 is 0 Å². The minimum Gasteiger partial charge on any atom is -0.315 e. The molecule has 3 aromatic heterocycles. The zero-order valence-corrected chi connectivity index (χ0v) is 15.7. The smallest absolute Gasteiger partial charge is 0.188 e. The lowest BCUT2D eigenvalue weighted by atomic mass is 9.94. The molecule has 0 amide bonds. The van der Waals surface area contributed by atoms with E-state index >= 15 is 0 Å². The Morgan fingerprint density at radius 1 is 1.24 bits per heavy atom. The fourth-order valence-electron chi connectivity index (χ4n) is 3.22. The fraction of sp³-hybridized carbons (Fsp3) is 0.412. The van der Waals surface area contributed by atoms with Crippen LogP contribution in [-0.4, -0.2) is 37.9 Å². The lowest BCUT2D eigenvalue weighted by Gasteiger charge is -2.32. The molecule has 1 unspecified atom stereocenters. The van der Waals surface area contributed by atoms with Gasteiger partial charge >= 0.3 is 0 Å². The highest BCUT2D eigenvalue weighted by molar-refractivity contribution is 7.13. The van der Waals surface area contributed by atoms with Crippen molar-refractivity contribution < 1.29 is 0 Å². The van der Waals surface area contributed by atoms with E-state index in [9.17, 15) is 0 Å². The van der Waals surface area contributed by atoms with Crippen molar-refractivity contribution in [3.8, 4) is 0 Å². The number of anilines is 2. The molecule has 25 heavy (non-hydrogen) atoms. The summed E-state index contributed by atoms with van der Waals surface area (Å²) in [5, 5.41) is 8.39. The zero-order valence-electron chi connectivity index (χ0n) is 14.1. The van der Waals surface area contributed by atoms with E-state index in [0.29, 0.717) is 5.92 Å². The Morgan fingerprint density at radius 3 is 2.96 bits per heavy atom. The molecule has 1 fully saturated rings. The number of nitrogens with one attached hydrogen (secondary N) is 1. The molecule has 6 nitrogen and oxygen atoms in total. The van der Waals surface area contributed by atoms with Crippen LogP contribution in [0.15, 0.2) is 28.7 Å². The normalized spacial score (nSPS) is 18.4. The minimum atomic E-state index is 0.379. The molecule has 4 rings (SSSR count). The van der Waals surface area contributed by atoms with Crippen LogP contribution >= 0.6 is 22.7 Å². The number of thiazole rings is 2. The predicted molar refractivity (Wildman–Crippen MR) is 102 cm³/mol. The largest absolute Gasteiger partial charge is 0.315 e. The Labute approximate surface area is 155 Å². The van der Waals surface area contributed by atoms with Crippen LogP contribution in [0.2, 0.25) is 0 Å². The van der Waals surface area contributed by atoms with Crippen LogP contribution in [0.4, 0.5) is 10.9 Å². The Morgan fingerprint density at radius 2 is 2.16 bits per heavy atom. The van der Waals surface area contributed by atoms with Crippen LogP contribution in [-0.2, 0) is 6.54 Å². The third-order valence-electron chi connectivity index (χ3n) is 4.33. The number of aryl methyl sites for hydroxylation is 1. The first kappa shape index (κ1) is 16.6. The van der Waals surface area contributed by atoms with E-state index in [1.54, 1.807) is 35.1 Å². The zero-order chi connectivity index (χ0) is 17.1. The molecule has 0 saturated carbocycles. The number of likely N-dealkylation sites (tertiary alicyclic amines) is 1. The first-order valence-electron chi connectivity index (χ1n) is 8.37. The predicted octanol–water partition coefficient (Wildman–Crippen LogP) is 3.82. The van der Waals surface area contributed by atoms with Gasteiger partial charge in [-0.2, -0.15) is 0 Å². The van der Waals surface area contributed by atoms with Crippen LogP contribution in [0, 0.1) is 6.92 Å². The third-order valence-corrected chi connectivity index (χ3v) is 5.84. The molecule has 0 radical (unpaired) electrons. The SMILES string of the molecule is Cc1csc(Nc2nccnc2C2CCCN(Cc3cscn3)C2)n1. The van der Waals surface area contributed by atoms with E-state index in [-0.39, 0.29) is 0 Å². The van der Waals surface area contributed by atoms with E-state index in [1.807, 2.05) is 17.8 Å². The quantitative estimate of drug-likeness (QED) is 0.734. The van der Waals surface area contributed by atoms with Gasteiger partial charge in [0.25, 0.3) is 0 Å². The molecule has 1 aliphatic heterocycles. The number of aromatic nitrogens is 4. The molecule has 1 saturated heterocycles. The highest BCUT2D eigenvalue weighted by atomic mass is 32.1. The standard InChI is InChI=1S/C17H20N6S2/c1-12-9-25-17(21-12)22-16-15(18-4-5-19-16)13-3-2-6-23(7-13)8-14-10-24-11-20-14/h4-5,9-11,13H,2-3,6-8H2,1H3,(H,19,21,22). The molecule has 1 N–H and O–H groups in total. The van der Waals surface area contributed by atoms with E-state index in [4.69, 9.17) is 0 Å². The maximum atomic E-state index is 4.65. The van der Waals surface area contributed by atoms with Crippen molar-refractivity contribution in [1.82, 2.24) is 24.8 Å². The van der Waals surface area contributed by atoms with Gasteiger partial charge in [0, 0.05) is 42.2 Å². The van der Waals surface area contributed by atoms with Crippen LogP contribution in [0.25, 0.3) is 0 Å². The third kappa shape index (κ3) is 4.02. The van der Waals surface area contributed by atoms with Gasteiger partial charge in [-0.3, -0.25) is 9.88 Å². The highest BCUT2D eigenvalue weighted by Crippen LogP contribution is 2.31. The van der Waals surface area contributed by atoms with Gasteiger partial charge in [0.2, 0.25) is 0 Å². The maximum absolute atomic E-state index is 4.65. The Bertz CT molecular complexity index is 816. The molecular weight excluding hydrogens is 352 g/mol. The van der Waals surface area contributed by atoms with Crippen LogP contribution < -0.4 is 5.32 Å². The van der Waals surface area contributed by atoms with Crippen LogP contribution in [0.1, 0.15) is 35.8 Å². The molecule has 130 valence electrons. The minimum absolute atomic E-state index is 0.379. The van der Waals surface area contributed by atoms with Crippen molar-refractivity contribution in [2.45, 2.75) is 32.2 Å². The van der Waals surface area contributed by atoms with E-state index in [1.165, 1.54) is 6.42 Å². The van der Waals surface area contributed by atoms with Gasteiger partial charge in [-0.05, 0) is 26.3 Å². The second kappa shape index (κ2) is 7.55. The molecule has 8 heteroatoms. The van der Waals surface area contributed by atoms with Crippen molar-refractivity contribution in [1.29, 1.82) is 0 Å². The average molecular weight is 373 g/mol. The topological polar surface area (TPSA) is 66.8 Å². The van der Waals surface area contributed by atoms with Gasteiger partial charge in [-0.25, -0.2) is 15.0 Å². The Balaban J connectivity index is 1.50. The summed E-state index contributed by atoms with van der Waals surface area (Å²) in [5.41, 5.74) is 5.11. The molecule has 1 atom stereocenters. The number of hydrogen-bond donors (Lipinski definition) is 1. The van der Waals surface area contributed by atoms with Crippen molar-refractivity contribution in [3.05, 3.63) is 45.7 Å². The summed E-state index contributed by atoms with van der Waals surface area (Å²) in [4.78, 5) is 20.5. The molecule has 0 bridgehead atoms. The number of piperidine rings is 1. The molecule has 1 aliphatic rings. The van der Waals surface area contributed by atoms with E-state index in [2.05, 4.69) is 35.5 Å². The second-order valence-corrected chi connectivity index (χ2v) is 7.84. The fourth-order valence-corrected chi connectivity index (χ4v) is 4.46. The van der Waals surface area contributed by atoms with E-state index in [0.717, 1.165) is 54.1 Å². The van der Waals surface area contributed by atoms with Gasteiger partial charge in [0.1, 0.15) is 0 Å². The van der Waals surface area contributed by atoms with Gasteiger partial charge in [0.05, 0.1) is 22.6 Å². The molecule has 4 heterocycles. The lowest BCUT2D eigenvalue weighted by molar-refractivity contribution is 0.197. The highest BCUT2D eigenvalue weighted by Gasteiger charge is 2.25. The number of rotatable bonds is 5. The lowest BCUT2D eigenvalue weighted by Crippen LogP contribution is -2.34. The van der Waals surface area contributed by atoms with Crippen molar-refractivity contribution in [2.75, 3.05) is 18.4 Å². The maximum Gasteiger partial charge on any atom is 0.188 e. The van der Waals surface area contributed by atoms with Crippen molar-refractivity contribution in [2.24, 2.45) is 0 Å². The first-order valence-corrected chi connectivity index (χ1v) is 10.2. The number of hydrogen-bond acceptors (Lipinski definition) is 8. The van der Waals surface area contributed by atoms with Crippen molar-refractivity contribution >= 4 is 33.6 Å². The monoisotopic (exact) mass is 372 g/mol. The van der Waals surface area contributed by atoms with Gasteiger partial charge in [-0.1, -0.05) is 0 Å². The molecular formula is C17H20N6S2.